The molecule has 1 aliphatic rings. The predicted octanol–water partition coefficient (Wildman–Crippen LogP) is 0.186. The molecule has 152 valence electrons. The van der Waals surface area contributed by atoms with Crippen LogP contribution in [0, 0.1) is 0 Å². The summed E-state index contributed by atoms with van der Waals surface area (Å²) >= 11 is 0. The third kappa shape index (κ3) is 6.81. The van der Waals surface area contributed by atoms with Gasteiger partial charge in [-0.1, -0.05) is 20.3 Å². The number of aliphatic hydroxyl groups is 3. The summed E-state index contributed by atoms with van der Waals surface area (Å²) in [6, 6.07) is 0. The lowest BCUT2D eigenvalue weighted by atomic mass is 10.00. The van der Waals surface area contributed by atoms with Crippen molar-refractivity contribution in [2.45, 2.75) is 95.8 Å². The van der Waals surface area contributed by atoms with Crippen LogP contribution in [0.2, 0.25) is 0 Å². The smallest absolute Gasteiger partial charge is 0.308 e. The summed E-state index contributed by atoms with van der Waals surface area (Å²) < 4.78 is 16.1. The van der Waals surface area contributed by atoms with E-state index in [0.717, 1.165) is 0 Å². The SMILES string of the molecule is CCC[C@H](CC(=O)O)OC(=O)C[C@@H](CC)O[C@@H]1OC(C)[C@H](O)[C@H](O)C1O. The van der Waals surface area contributed by atoms with E-state index < -0.39 is 54.9 Å². The van der Waals surface area contributed by atoms with Gasteiger partial charge in [-0.2, -0.15) is 0 Å². The average Bonchev–Trinajstić information content (AvgIpc) is 2.56. The minimum Gasteiger partial charge on any atom is -0.481 e. The van der Waals surface area contributed by atoms with Crippen molar-refractivity contribution < 1.29 is 44.2 Å². The second-order valence-corrected chi connectivity index (χ2v) is 6.55. The van der Waals surface area contributed by atoms with Gasteiger partial charge in [-0.25, -0.2) is 0 Å². The second-order valence-electron chi connectivity index (χ2n) is 6.55. The molecule has 1 heterocycles. The third-order valence-electron chi connectivity index (χ3n) is 4.30. The molecule has 0 bridgehead atoms. The summed E-state index contributed by atoms with van der Waals surface area (Å²) in [7, 11) is 0. The van der Waals surface area contributed by atoms with Crippen LogP contribution in [0.15, 0.2) is 0 Å². The monoisotopic (exact) mass is 378 g/mol. The van der Waals surface area contributed by atoms with Crippen LogP contribution in [-0.2, 0) is 23.8 Å². The molecule has 7 atom stereocenters. The summed E-state index contributed by atoms with van der Waals surface area (Å²) in [6.07, 6.45) is -6.25. The van der Waals surface area contributed by atoms with Crippen LogP contribution >= 0.6 is 0 Å². The Morgan fingerprint density at radius 3 is 2.23 bits per heavy atom. The number of ether oxygens (including phenoxy) is 3. The summed E-state index contributed by atoms with van der Waals surface area (Å²) in [5.41, 5.74) is 0. The molecule has 1 aliphatic heterocycles. The van der Waals surface area contributed by atoms with Crippen molar-refractivity contribution in [3.8, 4) is 0 Å². The summed E-state index contributed by atoms with van der Waals surface area (Å²) in [5.74, 6) is -1.64. The maximum Gasteiger partial charge on any atom is 0.308 e. The van der Waals surface area contributed by atoms with Gasteiger partial charge in [0.1, 0.15) is 24.4 Å². The quantitative estimate of drug-likeness (QED) is 0.392. The normalized spacial score (nSPS) is 31.2. The van der Waals surface area contributed by atoms with Gasteiger partial charge in [-0.05, 0) is 19.8 Å². The van der Waals surface area contributed by atoms with E-state index in [1.807, 2.05) is 6.92 Å². The van der Waals surface area contributed by atoms with Crippen molar-refractivity contribution in [2.24, 2.45) is 0 Å². The Kier molecular flexibility index (Phi) is 9.45. The van der Waals surface area contributed by atoms with E-state index in [9.17, 15) is 24.9 Å². The first-order valence-electron chi connectivity index (χ1n) is 8.95. The number of carboxylic acid groups (broad SMARTS) is 1. The molecule has 1 saturated heterocycles. The Morgan fingerprint density at radius 2 is 1.69 bits per heavy atom. The number of aliphatic hydroxyl groups excluding tert-OH is 3. The number of rotatable bonds is 10. The van der Waals surface area contributed by atoms with Gasteiger partial charge in [0.05, 0.1) is 25.0 Å². The Morgan fingerprint density at radius 1 is 1.04 bits per heavy atom. The van der Waals surface area contributed by atoms with Crippen LogP contribution in [0.5, 0.6) is 0 Å². The number of carbonyl (C=O) groups excluding carboxylic acids is 1. The van der Waals surface area contributed by atoms with E-state index in [2.05, 4.69) is 0 Å². The van der Waals surface area contributed by atoms with Gasteiger partial charge in [0, 0.05) is 0 Å². The van der Waals surface area contributed by atoms with Crippen LogP contribution < -0.4 is 0 Å². The molecule has 1 rings (SSSR count). The zero-order valence-electron chi connectivity index (χ0n) is 15.4. The first kappa shape index (κ1) is 22.8. The highest BCUT2D eigenvalue weighted by Crippen LogP contribution is 2.24. The van der Waals surface area contributed by atoms with Gasteiger partial charge >= 0.3 is 11.9 Å². The van der Waals surface area contributed by atoms with Gasteiger partial charge in [-0.3, -0.25) is 9.59 Å². The molecule has 0 amide bonds. The molecule has 2 unspecified atom stereocenters. The van der Waals surface area contributed by atoms with E-state index in [1.54, 1.807) is 6.92 Å². The number of carboxylic acids is 1. The maximum atomic E-state index is 12.1. The minimum atomic E-state index is -1.45. The topological polar surface area (TPSA) is 143 Å². The van der Waals surface area contributed by atoms with Crippen LogP contribution in [0.4, 0.5) is 0 Å². The largest absolute Gasteiger partial charge is 0.481 e. The first-order valence-corrected chi connectivity index (χ1v) is 8.95. The molecule has 26 heavy (non-hydrogen) atoms. The van der Waals surface area contributed by atoms with Gasteiger partial charge < -0.3 is 34.6 Å². The molecule has 0 aromatic rings. The number of carbonyl (C=O) groups is 2. The predicted molar refractivity (Wildman–Crippen MR) is 89.2 cm³/mol. The molecule has 0 aromatic carbocycles. The van der Waals surface area contributed by atoms with Gasteiger partial charge in [0.25, 0.3) is 0 Å². The highest BCUT2D eigenvalue weighted by molar-refractivity contribution is 5.71. The van der Waals surface area contributed by atoms with Gasteiger partial charge in [0.2, 0.25) is 0 Å². The van der Waals surface area contributed by atoms with Crippen molar-refractivity contribution >= 4 is 11.9 Å². The Labute approximate surface area is 152 Å². The van der Waals surface area contributed by atoms with Crippen LogP contribution in [0.25, 0.3) is 0 Å². The lowest BCUT2D eigenvalue weighted by Crippen LogP contribution is -2.58. The van der Waals surface area contributed by atoms with Crippen molar-refractivity contribution in [1.29, 1.82) is 0 Å². The molecule has 0 saturated carbocycles. The molecular formula is C17H30O9. The van der Waals surface area contributed by atoms with Crippen molar-refractivity contribution in [3.63, 3.8) is 0 Å². The fourth-order valence-electron chi connectivity index (χ4n) is 2.74. The van der Waals surface area contributed by atoms with E-state index in [0.29, 0.717) is 19.3 Å². The molecular weight excluding hydrogens is 348 g/mol. The molecule has 0 radical (unpaired) electrons. The molecule has 9 heteroatoms. The first-order chi connectivity index (χ1) is 12.2. The zero-order chi connectivity index (χ0) is 19.9. The molecule has 1 fully saturated rings. The Hall–Kier alpha value is -1.26. The van der Waals surface area contributed by atoms with Gasteiger partial charge in [0.15, 0.2) is 6.29 Å². The summed E-state index contributed by atoms with van der Waals surface area (Å²) in [5, 5.41) is 38.3. The fraction of sp³-hybridized carbons (Fsp3) is 0.882. The number of esters is 1. The molecule has 4 N–H and O–H groups in total. The van der Waals surface area contributed by atoms with E-state index in [1.165, 1.54) is 6.92 Å². The average molecular weight is 378 g/mol. The fourth-order valence-corrected chi connectivity index (χ4v) is 2.74. The highest BCUT2D eigenvalue weighted by Gasteiger charge is 2.43. The van der Waals surface area contributed by atoms with Crippen molar-refractivity contribution in [1.82, 2.24) is 0 Å². The third-order valence-corrected chi connectivity index (χ3v) is 4.30. The number of aliphatic carboxylic acids is 1. The second kappa shape index (κ2) is 10.8. The lowest BCUT2D eigenvalue weighted by Gasteiger charge is -2.40. The van der Waals surface area contributed by atoms with E-state index >= 15 is 0 Å². The lowest BCUT2D eigenvalue weighted by molar-refractivity contribution is -0.304. The summed E-state index contributed by atoms with van der Waals surface area (Å²) in [4.78, 5) is 22.9. The van der Waals surface area contributed by atoms with Crippen LogP contribution in [0.3, 0.4) is 0 Å². The van der Waals surface area contributed by atoms with Crippen molar-refractivity contribution in [3.05, 3.63) is 0 Å². The Balaban J connectivity index is 2.60. The molecule has 0 aliphatic carbocycles. The zero-order valence-corrected chi connectivity index (χ0v) is 15.4. The molecule has 0 spiro atoms. The standard InChI is InChI=1S/C17H30O9/c1-4-6-11(7-12(18)19)25-13(20)8-10(5-2)26-17-16(23)15(22)14(21)9(3)24-17/h9-11,14-17,21-23H,4-8H2,1-3H3,(H,18,19)/t9?,10-,11-,14+,15+,16?,17+/m1/s1. The molecule has 9 nitrogen and oxygen atoms in total. The van der Waals surface area contributed by atoms with Gasteiger partial charge in [-0.15, -0.1) is 0 Å². The molecule has 0 aromatic heterocycles. The Bertz CT molecular complexity index is 456. The van der Waals surface area contributed by atoms with Crippen molar-refractivity contribution in [2.75, 3.05) is 0 Å². The minimum absolute atomic E-state index is 0.143. The van der Waals surface area contributed by atoms with Crippen LogP contribution in [0.1, 0.15) is 52.9 Å². The van der Waals surface area contributed by atoms with E-state index in [4.69, 9.17) is 19.3 Å². The maximum absolute atomic E-state index is 12.1. The number of hydrogen-bond acceptors (Lipinski definition) is 8. The summed E-state index contributed by atoms with van der Waals surface area (Å²) in [6.45, 7) is 5.17. The number of hydrogen-bond donors (Lipinski definition) is 4. The van der Waals surface area contributed by atoms with Crippen LogP contribution in [-0.4, -0.2) is 75.3 Å². The van der Waals surface area contributed by atoms with E-state index in [-0.39, 0.29) is 12.8 Å². The highest BCUT2D eigenvalue weighted by atomic mass is 16.7.